The molecule has 0 atom stereocenters. The van der Waals surface area contributed by atoms with Gasteiger partial charge in [0.25, 0.3) is 0 Å². The first-order valence-electron chi connectivity index (χ1n) is 6.20. The van der Waals surface area contributed by atoms with Crippen molar-refractivity contribution in [2.24, 2.45) is 0 Å². The summed E-state index contributed by atoms with van der Waals surface area (Å²) in [5, 5.41) is 2.93. The lowest BCUT2D eigenvalue weighted by Gasteiger charge is -2.06. The molecule has 1 amide bonds. The van der Waals surface area contributed by atoms with Gasteiger partial charge in [0.2, 0.25) is 5.91 Å². The molecule has 0 radical (unpaired) electrons. The maximum absolute atomic E-state index is 11.8. The third kappa shape index (κ3) is 4.52. The van der Waals surface area contributed by atoms with Crippen molar-refractivity contribution in [3.8, 4) is 0 Å². The Morgan fingerprint density at radius 2 is 1.84 bits per heavy atom. The molecule has 0 unspecified atom stereocenters. The molecule has 1 N–H and O–H groups in total. The second-order valence-electron chi connectivity index (χ2n) is 4.57. The maximum atomic E-state index is 11.8. The van der Waals surface area contributed by atoms with Crippen LogP contribution in [0.15, 0.2) is 53.0 Å². The summed E-state index contributed by atoms with van der Waals surface area (Å²) in [6.07, 6.45) is 0.408. The first-order valence-corrected chi connectivity index (χ1v) is 6.99. The standard InChI is InChI=1S/C16H16BrNO/c1-12-5-7-13(8-6-12)11-18-16(19)10-14-3-2-4-15(17)9-14/h2-9H,10-11H2,1H3,(H,18,19). The van der Waals surface area contributed by atoms with Crippen LogP contribution in [-0.4, -0.2) is 5.91 Å². The van der Waals surface area contributed by atoms with Crippen molar-refractivity contribution in [3.63, 3.8) is 0 Å². The lowest BCUT2D eigenvalue weighted by atomic mass is 10.1. The normalized spacial score (nSPS) is 10.2. The monoisotopic (exact) mass is 317 g/mol. The van der Waals surface area contributed by atoms with Crippen LogP contribution in [0.1, 0.15) is 16.7 Å². The molecule has 0 bridgehead atoms. The predicted octanol–water partition coefficient (Wildman–Crippen LogP) is 3.62. The summed E-state index contributed by atoms with van der Waals surface area (Å²) >= 11 is 3.40. The molecular weight excluding hydrogens is 302 g/mol. The van der Waals surface area contributed by atoms with Gasteiger partial charge < -0.3 is 5.32 Å². The van der Waals surface area contributed by atoms with Gasteiger partial charge in [0.05, 0.1) is 6.42 Å². The third-order valence-corrected chi connectivity index (χ3v) is 3.36. The Labute approximate surface area is 122 Å². The zero-order valence-corrected chi connectivity index (χ0v) is 12.4. The molecule has 0 saturated carbocycles. The van der Waals surface area contributed by atoms with E-state index in [-0.39, 0.29) is 5.91 Å². The molecule has 2 aromatic carbocycles. The van der Waals surface area contributed by atoms with Gasteiger partial charge in [-0.3, -0.25) is 4.79 Å². The van der Waals surface area contributed by atoms with Crippen molar-refractivity contribution >= 4 is 21.8 Å². The van der Waals surface area contributed by atoms with Gasteiger partial charge in [-0.05, 0) is 30.2 Å². The van der Waals surface area contributed by atoms with E-state index < -0.39 is 0 Å². The minimum absolute atomic E-state index is 0.0404. The largest absolute Gasteiger partial charge is 0.352 e. The van der Waals surface area contributed by atoms with E-state index in [1.54, 1.807) is 0 Å². The number of carbonyl (C=O) groups is 1. The first kappa shape index (κ1) is 13.8. The summed E-state index contributed by atoms with van der Waals surface area (Å²) < 4.78 is 0.997. The highest BCUT2D eigenvalue weighted by molar-refractivity contribution is 9.10. The Morgan fingerprint density at radius 3 is 2.53 bits per heavy atom. The molecule has 2 rings (SSSR count). The summed E-state index contributed by atoms with van der Waals surface area (Å²) in [6, 6.07) is 16.0. The van der Waals surface area contributed by atoms with Gasteiger partial charge in [-0.15, -0.1) is 0 Å². The highest BCUT2D eigenvalue weighted by atomic mass is 79.9. The summed E-state index contributed by atoms with van der Waals surface area (Å²) in [4.78, 5) is 11.8. The second kappa shape index (κ2) is 6.53. The SMILES string of the molecule is Cc1ccc(CNC(=O)Cc2cccc(Br)c2)cc1. The van der Waals surface area contributed by atoms with Crippen molar-refractivity contribution in [2.75, 3.05) is 0 Å². The Morgan fingerprint density at radius 1 is 1.11 bits per heavy atom. The molecule has 0 saturated heterocycles. The van der Waals surface area contributed by atoms with Crippen LogP contribution >= 0.6 is 15.9 Å². The van der Waals surface area contributed by atoms with Crippen molar-refractivity contribution in [1.82, 2.24) is 5.32 Å². The van der Waals surface area contributed by atoms with E-state index >= 15 is 0 Å². The number of hydrogen-bond donors (Lipinski definition) is 1. The summed E-state index contributed by atoms with van der Waals surface area (Å²) in [5.74, 6) is 0.0404. The molecule has 2 aromatic rings. The van der Waals surface area contributed by atoms with Gasteiger partial charge >= 0.3 is 0 Å². The van der Waals surface area contributed by atoms with Gasteiger partial charge in [0.1, 0.15) is 0 Å². The van der Waals surface area contributed by atoms with Crippen LogP contribution in [0.5, 0.6) is 0 Å². The number of rotatable bonds is 4. The minimum atomic E-state index is 0.0404. The van der Waals surface area contributed by atoms with Crippen LogP contribution in [0.2, 0.25) is 0 Å². The fourth-order valence-electron chi connectivity index (χ4n) is 1.80. The van der Waals surface area contributed by atoms with E-state index in [1.165, 1.54) is 5.56 Å². The average molecular weight is 318 g/mol. The Bertz CT molecular complexity index is 563. The zero-order valence-electron chi connectivity index (χ0n) is 10.8. The molecule has 0 heterocycles. The van der Waals surface area contributed by atoms with Crippen molar-refractivity contribution < 1.29 is 4.79 Å². The van der Waals surface area contributed by atoms with Crippen molar-refractivity contribution in [1.29, 1.82) is 0 Å². The van der Waals surface area contributed by atoms with Gasteiger partial charge in [-0.2, -0.15) is 0 Å². The Balaban J connectivity index is 1.86. The second-order valence-corrected chi connectivity index (χ2v) is 5.48. The summed E-state index contributed by atoms with van der Waals surface area (Å²) in [7, 11) is 0. The van der Waals surface area contributed by atoms with Crippen LogP contribution in [0.3, 0.4) is 0 Å². The third-order valence-electron chi connectivity index (χ3n) is 2.86. The quantitative estimate of drug-likeness (QED) is 0.917. The smallest absolute Gasteiger partial charge is 0.224 e. The highest BCUT2D eigenvalue weighted by Gasteiger charge is 2.03. The number of carbonyl (C=O) groups excluding carboxylic acids is 1. The van der Waals surface area contributed by atoms with Crippen molar-refractivity contribution in [3.05, 3.63) is 69.7 Å². The summed E-state index contributed by atoms with van der Waals surface area (Å²) in [6.45, 7) is 2.63. The highest BCUT2D eigenvalue weighted by Crippen LogP contribution is 2.12. The van der Waals surface area contributed by atoms with Gasteiger partial charge in [0, 0.05) is 11.0 Å². The number of aryl methyl sites for hydroxylation is 1. The Hall–Kier alpha value is -1.61. The van der Waals surface area contributed by atoms with Crippen LogP contribution in [0.4, 0.5) is 0 Å². The molecule has 3 heteroatoms. The van der Waals surface area contributed by atoms with Crippen LogP contribution in [-0.2, 0) is 17.8 Å². The fraction of sp³-hybridized carbons (Fsp3) is 0.188. The number of benzene rings is 2. The molecule has 0 fully saturated rings. The zero-order chi connectivity index (χ0) is 13.7. The molecule has 0 aliphatic carbocycles. The maximum Gasteiger partial charge on any atom is 0.224 e. The van der Waals surface area contributed by atoms with Crippen LogP contribution in [0, 0.1) is 6.92 Å². The van der Waals surface area contributed by atoms with Crippen LogP contribution in [0.25, 0.3) is 0 Å². The van der Waals surface area contributed by atoms with E-state index in [9.17, 15) is 4.79 Å². The van der Waals surface area contributed by atoms with Gasteiger partial charge in [0.15, 0.2) is 0 Å². The molecular formula is C16H16BrNO. The fourth-order valence-corrected chi connectivity index (χ4v) is 2.25. The molecule has 2 nitrogen and oxygen atoms in total. The van der Waals surface area contributed by atoms with Crippen LogP contribution < -0.4 is 5.32 Å². The molecule has 0 aromatic heterocycles. The summed E-state index contributed by atoms with van der Waals surface area (Å²) in [5.41, 5.74) is 3.35. The Kier molecular flexibility index (Phi) is 4.74. The first-order chi connectivity index (χ1) is 9.13. The van der Waals surface area contributed by atoms with E-state index in [0.29, 0.717) is 13.0 Å². The number of nitrogens with one attached hydrogen (secondary N) is 1. The predicted molar refractivity (Wildman–Crippen MR) is 80.9 cm³/mol. The molecule has 98 valence electrons. The van der Waals surface area contributed by atoms with Gasteiger partial charge in [-0.25, -0.2) is 0 Å². The van der Waals surface area contributed by atoms with E-state index in [0.717, 1.165) is 15.6 Å². The minimum Gasteiger partial charge on any atom is -0.352 e. The molecule has 0 spiro atoms. The van der Waals surface area contributed by atoms with Gasteiger partial charge in [-0.1, -0.05) is 57.9 Å². The lowest BCUT2D eigenvalue weighted by Crippen LogP contribution is -2.24. The molecule has 0 aliphatic heterocycles. The number of amides is 1. The molecule has 19 heavy (non-hydrogen) atoms. The molecule has 0 aliphatic rings. The number of hydrogen-bond acceptors (Lipinski definition) is 1. The number of halogens is 1. The van der Waals surface area contributed by atoms with E-state index in [2.05, 4.69) is 40.3 Å². The average Bonchev–Trinajstić information content (AvgIpc) is 2.38. The van der Waals surface area contributed by atoms with E-state index in [4.69, 9.17) is 0 Å². The van der Waals surface area contributed by atoms with E-state index in [1.807, 2.05) is 36.4 Å². The van der Waals surface area contributed by atoms with Crippen molar-refractivity contribution in [2.45, 2.75) is 19.9 Å². The topological polar surface area (TPSA) is 29.1 Å². The lowest BCUT2D eigenvalue weighted by molar-refractivity contribution is -0.120.